The number of nitrogens with zero attached hydrogens (tertiary/aromatic N) is 3. The Morgan fingerprint density at radius 3 is 2.71 bits per heavy atom. The fourth-order valence-corrected chi connectivity index (χ4v) is 2.37. The van der Waals surface area contributed by atoms with Crippen molar-refractivity contribution in [3.05, 3.63) is 59.7 Å². The molecule has 0 amide bonds. The first kappa shape index (κ1) is 13.8. The lowest BCUT2D eigenvalue weighted by Crippen LogP contribution is -2.21. The van der Waals surface area contributed by atoms with Gasteiger partial charge in [0.25, 0.3) is 0 Å². The maximum Gasteiger partial charge on any atom is 0.113 e. The molecule has 0 atom stereocenters. The molecule has 21 heavy (non-hydrogen) atoms. The molecule has 0 unspecified atom stereocenters. The van der Waals surface area contributed by atoms with Crippen LogP contribution in [-0.4, -0.2) is 21.0 Å². The Hall–Kier alpha value is -2.20. The summed E-state index contributed by atoms with van der Waals surface area (Å²) in [7, 11) is 0. The third-order valence-electron chi connectivity index (χ3n) is 3.46. The SMILES string of the molecule is CC(C)NCc1cccc(Cn2nnc3ccccc32)c1. The van der Waals surface area contributed by atoms with E-state index in [1.54, 1.807) is 0 Å². The van der Waals surface area contributed by atoms with Crippen LogP contribution in [0.2, 0.25) is 0 Å². The zero-order valence-corrected chi connectivity index (χ0v) is 12.5. The van der Waals surface area contributed by atoms with Crippen LogP contribution < -0.4 is 5.32 Å². The molecule has 0 radical (unpaired) electrons. The maximum absolute atomic E-state index is 4.25. The lowest BCUT2D eigenvalue weighted by Gasteiger charge is -2.09. The Bertz CT molecular complexity index is 730. The molecule has 1 aromatic heterocycles. The minimum Gasteiger partial charge on any atom is -0.310 e. The van der Waals surface area contributed by atoms with Gasteiger partial charge in [-0.05, 0) is 23.3 Å². The van der Waals surface area contributed by atoms with Crippen molar-refractivity contribution in [2.24, 2.45) is 0 Å². The zero-order chi connectivity index (χ0) is 14.7. The van der Waals surface area contributed by atoms with E-state index < -0.39 is 0 Å². The average Bonchev–Trinajstić information content (AvgIpc) is 2.89. The normalized spacial score (nSPS) is 11.4. The van der Waals surface area contributed by atoms with Crippen LogP contribution in [-0.2, 0) is 13.1 Å². The topological polar surface area (TPSA) is 42.7 Å². The molecule has 0 fully saturated rings. The van der Waals surface area contributed by atoms with Gasteiger partial charge < -0.3 is 5.32 Å². The lowest BCUT2D eigenvalue weighted by atomic mass is 10.1. The van der Waals surface area contributed by atoms with Crippen LogP contribution in [0, 0.1) is 0 Å². The van der Waals surface area contributed by atoms with Crippen molar-refractivity contribution in [3.8, 4) is 0 Å². The largest absolute Gasteiger partial charge is 0.310 e. The van der Waals surface area contributed by atoms with Crippen LogP contribution >= 0.6 is 0 Å². The Morgan fingerprint density at radius 2 is 1.86 bits per heavy atom. The number of aromatic nitrogens is 3. The number of hydrogen-bond acceptors (Lipinski definition) is 3. The van der Waals surface area contributed by atoms with E-state index in [4.69, 9.17) is 0 Å². The second-order valence-corrected chi connectivity index (χ2v) is 5.59. The van der Waals surface area contributed by atoms with Crippen molar-refractivity contribution >= 4 is 11.0 Å². The van der Waals surface area contributed by atoms with Crippen molar-refractivity contribution in [2.75, 3.05) is 0 Å². The van der Waals surface area contributed by atoms with Gasteiger partial charge in [0.1, 0.15) is 5.52 Å². The van der Waals surface area contributed by atoms with Crippen LogP contribution in [0.5, 0.6) is 0 Å². The highest BCUT2D eigenvalue weighted by molar-refractivity contribution is 5.73. The summed E-state index contributed by atoms with van der Waals surface area (Å²) in [4.78, 5) is 0. The molecule has 108 valence electrons. The second kappa shape index (κ2) is 6.06. The van der Waals surface area contributed by atoms with E-state index in [1.165, 1.54) is 11.1 Å². The molecule has 0 aliphatic rings. The molecule has 3 rings (SSSR count). The average molecular weight is 280 g/mol. The van der Waals surface area contributed by atoms with Crippen LogP contribution in [0.3, 0.4) is 0 Å². The second-order valence-electron chi connectivity index (χ2n) is 5.59. The molecule has 3 aromatic rings. The number of benzene rings is 2. The molecule has 0 bridgehead atoms. The molecule has 0 saturated carbocycles. The first-order chi connectivity index (χ1) is 10.2. The van der Waals surface area contributed by atoms with Crippen molar-refractivity contribution in [3.63, 3.8) is 0 Å². The molecule has 0 aliphatic heterocycles. The summed E-state index contributed by atoms with van der Waals surface area (Å²) in [5.41, 5.74) is 4.55. The molecule has 1 heterocycles. The first-order valence-electron chi connectivity index (χ1n) is 7.32. The van der Waals surface area contributed by atoms with Crippen molar-refractivity contribution in [2.45, 2.75) is 33.0 Å². The fraction of sp³-hybridized carbons (Fsp3) is 0.294. The lowest BCUT2D eigenvalue weighted by molar-refractivity contribution is 0.588. The van der Waals surface area contributed by atoms with Crippen LogP contribution in [0.15, 0.2) is 48.5 Å². The third-order valence-corrected chi connectivity index (χ3v) is 3.46. The summed E-state index contributed by atoms with van der Waals surface area (Å²) < 4.78 is 1.95. The van der Waals surface area contributed by atoms with Crippen LogP contribution in [0.25, 0.3) is 11.0 Å². The summed E-state index contributed by atoms with van der Waals surface area (Å²) in [5.74, 6) is 0. The van der Waals surface area contributed by atoms with E-state index in [-0.39, 0.29) is 0 Å². The van der Waals surface area contributed by atoms with Gasteiger partial charge in [0, 0.05) is 12.6 Å². The maximum atomic E-state index is 4.25. The number of fused-ring (bicyclic) bond motifs is 1. The van der Waals surface area contributed by atoms with E-state index in [0.29, 0.717) is 6.04 Å². The van der Waals surface area contributed by atoms with Crippen molar-refractivity contribution < 1.29 is 0 Å². The fourth-order valence-electron chi connectivity index (χ4n) is 2.37. The number of rotatable bonds is 5. The van der Waals surface area contributed by atoms with Gasteiger partial charge in [0.15, 0.2) is 0 Å². The van der Waals surface area contributed by atoms with Gasteiger partial charge in [-0.15, -0.1) is 5.10 Å². The first-order valence-corrected chi connectivity index (χ1v) is 7.32. The van der Waals surface area contributed by atoms with Gasteiger partial charge in [-0.2, -0.15) is 0 Å². The predicted molar refractivity (Wildman–Crippen MR) is 85.0 cm³/mol. The molecule has 0 saturated heterocycles. The number of nitrogens with one attached hydrogen (secondary N) is 1. The third kappa shape index (κ3) is 3.28. The zero-order valence-electron chi connectivity index (χ0n) is 12.5. The Morgan fingerprint density at radius 1 is 1.05 bits per heavy atom. The van der Waals surface area contributed by atoms with E-state index in [2.05, 4.69) is 59.8 Å². The summed E-state index contributed by atoms with van der Waals surface area (Å²) in [6.45, 7) is 5.95. The minimum atomic E-state index is 0.493. The molecule has 1 N–H and O–H groups in total. The summed E-state index contributed by atoms with van der Waals surface area (Å²) in [6, 6.07) is 17.2. The summed E-state index contributed by atoms with van der Waals surface area (Å²) in [5, 5.41) is 11.9. The molecule has 0 aliphatic carbocycles. The van der Waals surface area contributed by atoms with E-state index in [0.717, 1.165) is 24.1 Å². The van der Waals surface area contributed by atoms with Crippen LogP contribution in [0.1, 0.15) is 25.0 Å². The van der Waals surface area contributed by atoms with Gasteiger partial charge >= 0.3 is 0 Å². The minimum absolute atomic E-state index is 0.493. The summed E-state index contributed by atoms with van der Waals surface area (Å²) >= 11 is 0. The molecule has 4 heteroatoms. The smallest absolute Gasteiger partial charge is 0.113 e. The monoisotopic (exact) mass is 280 g/mol. The van der Waals surface area contributed by atoms with E-state index >= 15 is 0 Å². The molecule has 2 aromatic carbocycles. The van der Waals surface area contributed by atoms with Crippen molar-refractivity contribution in [1.29, 1.82) is 0 Å². The highest BCUT2D eigenvalue weighted by atomic mass is 15.4. The van der Waals surface area contributed by atoms with Gasteiger partial charge in [-0.3, -0.25) is 0 Å². The molecule has 4 nitrogen and oxygen atoms in total. The summed E-state index contributed by atoms with van der Waals surface area (Å²) in [6.07, 6.45) is 0. The van der Waals surface area contributed by atoms with E-state index in [9.17, 15) is 0 Å². The van der Waals surface area contributed by atoms with E-state index in [1.807, 2.05) is 22.9 Å². The molecule has 0 spiro atoms. The van der Waals surface area contributed by atoms with Gasteiger partial charge in [-0.1, -0.05) is 55.5 Å². The number of hydrogen-bond donors (Lipinski definition) is 1. The standard InChI is InChI=1S/C17H20N4/c1-13(2)18-11-14-6-5-7-15(10-14)12-21-17-9-4-3-8-16(17)19-20-21/h3-10,13,18H,11-12H2,1-2H3. The van der Waals surface area contributed by atoms with Crippen molar-refractivity contribution in [1.82, 2.24) is 20.3 Å². The van der Waals surface area contributed by atoms with Gasteiger partial charge in [0.2, 0.25) is 0 Å². The highest BCUT2D eigenvalue weighted by Gasteiger charge is 2.04. The molecular weight excluding hydrogens is 260 g/mol. The van der Waals surface area contributed by atoms with Gasteiger partial charge in [0.05, 0.1) is 12.1 Å². The Labute approximate surface area is 124 Å². The number of para-hydroxylation sites is 1. The highest BCUT2D eigenvalue weighted by Crippen LogP contribution is 2.13. The predicted octanol–water partition coefficient (Wildman–Crippen LogP) is 2.98. The molecular formula is C17H20N4. The van der Waals surface area contributed by atoms with Gasteiger partial charge in [-0.25, -0.2) is 4.68 Å². The quantitative estimate of drug-likeness (QED) is 0.781. The Balaban J connectivity index is 1.80. The van der Waals surface area contributed by atoms with Crippen LogP contribution in [0.4, 0.5) is 0 Å². The Kier molecular flexibility index (Phi) is 3.97.